The van der Waals surface area contributed by atoms with Gasteiger partial charge in [0.15, 0.2) is 0 Å². The molecule has 1 fully saturated rings. The van der Waals surface area contributed by atoms with Gasteiger partial charge in [0.2, 0.25) is 0 Å². The topological polar surface area (TPSA) is 3.24 Å². The lowest BCUT2D eigenvalue weighted by Gasteiger charge is -2.22. The Kier molecular flexibility index (Phi) is 4.85. The largest absolute Gasteiger partial charge is 0.306 e. The maximum absolute atomic E-state index is 2.52. The van der Waals surface area contributed by atoms with E-state index < -0.39 is 0 Å². The molecule has 1 aliphatic rings. The van der Waals surface area contributed by atoms with E-state index >= 15 is 0 Å². The summed E-state index contributed by atoms with van der Waals surface area (Å²) in [6.07, 6.45) is 4.18. The van der Waals surface area contributed by atoms with Crippen LogP contribution in [0.3, 0.4) is 0 Å². The lowest BCUT2D eigenvalue weighted by Crippen LogP contribution is -2.25. The van der Waals surface area contributed by atoms with E-state index in [1.807, 2.05) is 0 Å². The van der Waals surface area contributed by atoms with Gasteiger partial charge in [-0.1, -0.05) is 34.6 Å². The third-order valence-corrected chi connectivity index (χ3v) is 4.97. The van der Waals surface area contributed by atoms with E-state index in [0.717, 1.165) is 17.8 Å². The molecular formula is C15H31N. The van der Waals surface area contributed by atoms with Crippen molar-refractivity contribution in [1.82, 2.24) is 4.90 Å². The van der Waals surface area contributed by atoms with Gasteiger partial charge < -0.3 is 4.90 Å². The van der Waals surface area contributed by atoms with E-state index in [2.05, 4.69) is 46.6 Å². The fourth-order valence-corrected chi connectivity index (χ4v) is 2.30. The molecule has 1 rings (SSSR count). The second kappa shape index (κ2) is 5.53. The van der Waals surface area contributed by atoms with Crippen molar-refractivity contribution in [1.29, 1.82) is 0 Å². The predicted octanol–water partition coefficient (Wildman–Crippen LogP) is 4.04. The summed E-state index contributed by atoms with van der Waals surface area (Å²) in [6, 6.07) is 0. The summed E-state index contributed by atoms with van der Waals surface area (Å²) < 4.78 is 0. The summed E-state index contributed by atoms with van der Waals surface area (Å²) in [6.45, 7) is 14.4. The fraction of sp³-hybridized carbons (Fsp3) is 1.00. The van der Waals surface area contributed by atoms with Crippen LogP contribution in [0.4, 0.5) is 0 Å². The highest BCUT2D eigenvalue weighted by molar-refractivity contribution is 4.96. The van der Waals surface area contributed by atoms with Gasteiger partial charge in [-0.15, -0.1) is 0 Å². The molecule has 1 heteroatoms. The summed E-state index contributed by atoms with van der Waals surface area (Å²) in [5.74, 6) is 2.66. The molecule has 1 aliphatic carbocycles. The van der Waals surface area contributed by atoms with Crippen LogP contribution in [0.2, 0.25) is 0 Å². The van der Waals surface area contributed by atoms with Crippen LogP contribution in [0.5, 0.6) is 0 Å². The van der Waals surface area contributed by atoms with E-state index in [0.29, 0.717) is 5.41 Å². The quantitative estimate of drug-likeness (QED) is 0.632. The molecule has 0 aromatic heterocycles. The first-order chi connectivity index (χ1) is 7.35. The third kappa shape index (κ3) is 4.08. The van der Waals surface area contributed by atoms with Crippen molar-refractivity contribution < 1.29 is 0 Å². The van der Waals surface area contributed by atoms with Gasteiger partial charge in [-0.2, -0.15) is 0 Å². The van der Waals surface area contributed by atoms with Gasteiger partial charge in [0, 0.05) is 0 Å². The molecule has 0 radical (unpaired) electrons. The minimum atomic E-state index is 0.678. The maximum Gasteiger partial charge on any atom is -0.00165 e. The summed E-state index contributed by atoms with van der Waals surface area (Å²) in [5.41, 5.74) is 0.678. The van der Waals surface area contributed by atoms with Crippen LogP contribution in [0, 0.1) is 23.2 Å². The Morgan fingerprint density at radius 3 is 2.25 bits per heavy atom. The molecule has 0 aliphatic heterocycles. The van der Waals surface area contributed by atoms with Gasteiger partial charge in [-0.3, -0.25) is 0 Å². The van der Waals surface area contributed by atoms with Crippen molar-refractivity contribution in [3.8, 4) is 0 Å². The van der Waals surface area contributed by atoms with Crippen LogP contribution >= 0.6 is 0 Å². The van der Waals surface area contributed by atoms with Crippen molar-refractivity contribution in [2.75, 3.05) is 20.1 Å². The van der Waals surface area contributed by atoms with Gasteiger partial charge in [0.05, 0.1) is 0 Å². The van der Waals surface area contributed by atoms with Crippen LogP contribution in [-0.2, 0) is 0 Å². The number of hydrogen-bond donors (Lipinski definition) is 0. The molecule has 1 saturated carbocycles. The van der Waals surface area contributed by atoms with Gasteiger partial charge in [-0.25, -0.2) is 0 Å². The highest BCUT2D eigenvalue weighted by Gasteiger charge is 2.45. The molecule has 0 amide bonds. The van der Waals surface area contributed by atoms with E-state index in [1.165, 1.54) is 32.4 Å². The molecule has 16 heavy (non-hydrogen) atoms. The normalized spacial score (nSPS) is 31.1. The molecule has 0 aromatic rings. The minimum Gasteiger partial charge on any atom is -0.306 e. The zero-order chi connectivity index (χ0) is 12.3. The molecule has 0 N–H and O–H groups in total. The average Bonchev–Trinajstić information content (AvgIpc) is 2.80. The molecule has 0 bridgehead atoms. The molecular weight excluding hydrogens is 194 g/mol. The highest BCUT2D eigenvalue weighted by atomic mass is 15.1. The SMILES string of the molecule is CC(C)C(C)CCN(C)CCC1(C)CC1C. The van der Waals surface area contributed by atoms with E-state index in [1.54, 1.807) is 0 Å². The number of hydrogen-bond acceptors (Lipinski definition) is 1. The summed E-state index contributed by atoms with van der Waals surface area (Å²) in [4.78, 5) is 2.52. The Morgan fingerprint density at radius 1 is 1.25 bits per heavy atom. The van der Waals surface area contributed by atoms with Crippen molar-refractivity contribution >= 4 is 0 Å². The Labute approximate surface area is 103 Å². The Hall–Kier alpha value is -0.0400. The summed E-state index contributed by atoms with van der Waals surface area (Å²) in [5, 5.41) is 0. The first kappa shape index (κ1) is 14.0. The maximum atomic E-state index is 2.52. The van der Waals surface area contributed by atoms with Crippen LogP contribution in [0.15, 0.2) is 0 Å². The van der Waals surface area contributed by atoms with E-state index in [9.17, 15) is 0 Å². The molecule has 0 saturated heterocycles. The zero-order valence-electron chi connectivity index (χ0n) is 12.2. The van der Waals surface area contributed by atoms with Crippen LogP contribution in [0.1, 0.15) is 53.9 Å². The lowest BCUT2D eigenvalue weighted by atomic mass is 9.94. The predicted molar refractivity (Wildman–Crippen MR) is 72.6 cm³/mol. The van der Waals surface area contributed by atoms with Crippen molar-refractivity contribution in [3.63, 3.8) is 0 Å². The molecule has 3 unspecified atom stereocenters. The van der Waals surface area contributed by atoms with Crippen LogP contribution in [0.25, 0.3) is 0 Å². The van der Waals surface area contributed by atoms with Gasteiger partial charge >= 0.3 is 0 Å². The molecule has 96 valence electrons. The standard InChI is InChI=1S/C15H31N/c1-12(2)13(3)7-9-16(6)10-8-15(5)11-14(15)4/h12-14H,7-11H2,1-6H3. The van der Waals surface area contributed by atoms with Crippen LogP contribution < -0.4 is 0 Å². The van der Waals surface area contributed by atoms with E-state index in [4.69, 9.17) is 0 Å². The molecule has 1 nitrogen and oxygen atoms in total. The zero-order valence-corrected chi connectivity index (χ0v) is 12.2. The average molecular weight is 225 g/mol. The van der Waals surface area contributed by atoms with Gasteiger partial charge in [-0.05, 0) is 62.6 Å². The van der Waals surface area contributed by atoms with Gasteiger partial charge in [0.25, 0.3) is 0 Å². The van der Waals surface area contributed by atoms with Crippen molar-refractivity contribution in [3.05, 3.63) is 0 Å². The Morgan fingerprint density at radius 2 is 1.81 bits per heavy atom. The van der Waals surface area contributed by atoms with Crippen molar-refractivity contribution in [2.45, 2.75) is 53.9 Å². The summed E-state index contributed by atoms with van der Waals surface area (Å²) in [7, 11) is 2.28. The molecule has 3 atom stereocenters. The molecule has 0 spiro atoms. The minimum absolute atomic E-state index is 0.678. The fourth-order valence-electron chi connectivity index (χ4n) is 2.30. The lowest BCUT2D eigenvalue weighted by molar-refractivity contribution is 0.257. The van der Waals surface area contributed by atoms with Crippen LogP contribution in [-0.4, -0.2) is 25.0 Å². The highest BCUT2D eigenvalue weighted by Crippen LogP contribution is 2.54. The van der Waals surface area contributed by atoms with Gasteiger partial charge in [0.1, 0.15) is 0 Å². The van der Waals surface area contributed by atoms with Crippen molar-refractivity contribution in [2.24, 2.45) is 23.2 Å². The second-order valence-electron chi connectivity index (χ2n) is 6.82. The van der Waals surface area contributed by atoms with E-state index in [-0.39, 0.29) is 0 Å². The first-order valence-corrected chi connectivity index (χ1v) is 7.03. The monoisotopic (exact) mass is 225 g/mol. The third-order valence-electron chi connectivity index (χ3n) is 4.97. The number of nitrogens with zero attached hydrogens (tertiary/aromatic N) is 1. The number of rotatable bonds is 7. The first-order valence-electron chi connectivity index (χ1n) is 7.03. The molecule has 0 heterocycles. The smallest absolute Gasteiger partial charge is 0.00165 e. The summed E-state index contributed by atoms with van der Waals surface area (Å²) >= 11 is 0. The molecule has 0 aromatic carbocycles. The Balaban J connectivity index is 2.09. The Bertz CT molecular complexity index is 211. The second-order valence-corrected chi connectivity index (χ2v) is 6.82.